The first-order valence-electron chi connectivity index (χ1n) is 8.48. The lowest BCUT2D eigenvalue weighted by Crippen LogP contribution is -2.84. The van der Waals surface area contributed by atoms with Gasteiger partial charge in [-0.1, -0.05) is 17.7 Å². The predicted octanol–water partition coefficient (Wildman–Crippen LogP) is 2.35. The van der Waals surface area contributed by atoms with Gasteiger partial charge in [0, 0.05) is 16.9 Å². The van der Waals surface area contributed by atoms with Crippen molar-refractivity contribution in [3.05, 3.63) is 46.4 Å². The van der Waals surface area contributed by atoms with Gasteiger partial charge in [0.15, 0.2) is 0 Å². The van der Waals surface area contributed by atoms with Crippen molar-refractivity contribution in [3.63, 3.8) is 0 Å². The summed E-state index contributed by atoms with van der Waals surface area (Å²) in [5.41, 5.74) is 2.74. The first-order valence-corrected chi connectivity index (χ1v) is 8.85. The van der Waals surface area contributed by atoms with Crippen molar-refractivity contribution in [1.82, 2.24) is 9.97 Å². The Labute approximate surface area is 150 Å². The molecule has 1 atom stereocenters. The van der Waals surface area contributed by atoms with Crippen LogP contribution in [0.15, 0.2) is 24.5 Å². The number of nitrogens with zero attached hydrogens (tertiary/aromatic N) is 2. The Morgan fingerprint density at radius 3 is 2.84 bits per heavy atom. The molecule has 0 saturated heterocycles. The Hall–Kier alpha value is -2.31. The topological polar surface area (TPSA) is 95.3 Å². The number of hydrogen-bond acceptors (Lipinski definition) is 4. The highest BCUT2D eigenvalue weighted by Gasteiger charge is 2.36. The van der Waals surface area contributed by atoms with Crippen LogP contribution in [0.1, 0.15) is 48.4 Å². The highest BCUT2D eigenvalue weighted by Crippen LogP contribution is 2.39. The molecule has 4 N–H and O–H groups in total. The SMILES string of the molecule is N=Cc1c([NH2+]C2CCCC2)ncnc1C1C(=O)Nc2cc(Cl)ccc21. The van der Waals surface area contributed by atoms with Crippen LogP contribution in [0.4, 0.5) is 11.5 Å². The van der Waals surface area contributed by atoms with Crippen LogP contribution in [0.5, 0.6) is 0 Å². The van der Waals surface area contributed by atoms with Gasteiger partial charge in [0.2, 0.25) is 11.7 Å². The molecule has 0 radical (unpaired) electrons. The molecule has 0 spiro atoms. The van der Waals surface area contributed by atoms with Gasteiger partial charge >= 0.3 is 0 Å². The third-order valence-corrected chi connectivity index (χ3v) is 5.24. The van der Waals surface area contributed by atoms with Gasteiger partial charge in [0.1, 0.15) is 12.2 Å². The third kappa shape index (κ3) is 2.92. The Morgan fingerprint density at radius 1 is 1.28 bits per heavy atom. The average molecular weight is 357 g/mol. The van der Waals surface area contributed by atoms with Crippen LogP contribution >= 0.6 is 11.6 Å². The second-order valence-electron chi connectivity index (χ2n) is 6.57. The predicted molar refractivity (Wildman–Crippen MR) is 95.7 cm³/mol. The number of carbonyl (C=O) groups is 1. The number of anilines is 1. The second kappa shape index (κ2) is 6.54. The summed E-state index contributed by atoms with van der Waals surface area (Å²) in [7, 11) is 0. The molecule has 1 aromatic carbocycles. The first kappa shape index (κ1) is 16.2. The van der Waals surface area contributed by atoms with Crippen molar-refractivity contribution in [2.24, 2.45) is 0 Å². The highest BCUT2D eigenvalue weighted by molar-refractivity contribution is 6.31. The van der Waals surface area contributed by atoms with Gasteiger partial charge in [-0.05, 0) is 43.4 Å². The van der Waals surface area contributed by atoms with Crippen molar-refractivity contribution in [2.45, 2.75) is 37.6 Å². The maximum atomic E-state index is 12.6. The number of quaternary nitrogens is 1. The number of nitrogens with one attached hydrogen (secondary N) is 2. The molecule has 25 heavy (non-hydrogen) atoms. The lowest BCUT2D eigenvalue weighted by atomic mass is 9.94. The molecule has 2 heterocycles. The highest BCUT2D eigenvalue weighted by atomic mass is 35.5. The molecule has 2 aliphatic rings. The summed E-state index contributed by atoms with van der Waals surface area (Å²) in [4.78, 5) is 21.3. The first-order chi connectivity index (χ1) is 12.2. The summed E-state index contributed by atoms with van der Waals surface area (Å²) >= 11 is 6.03. The number of amides is 1. The van der Waals surface area contributed by atoms with Crippen LogP contribution in [-0.4, -0.2) is 28.1 Å². The number of benzene rings is 1. The lowest BCUT2D eigenvalue weighted by molar-refractivity contribution is -0.612. The van der Waals surface area contributed by atoms with Crippen LogP contribution in [0.25, 0.3) is 0 Å². The molecular formula is C18H19ClN5O+. The molecule has 1 amide bonds. The number of fused-ring (bicyclic) bond motifs is 1. The zero-order valence-electron chi connectivity index (χ0n) is 13.6. The molecule has 6 nitrogen and oxygen atoms in total. The van der Waals surface area contributed by atoms with Crippen molar-refractivity contribution in [3.8, 4) is 0 Å². The third-order valence-electron chi connectivity index (χ3n) is 5.00. The van der Waals surface area contributed by atoms with Gasteiger partial charge in [-0.2, -0.15) is 4.98 Å². The summed E-state index contributed by atoms with van der Waals surface area (Å²) in [6.07, 6.45) is 7.53. The van der Waals surface area contributed by atoms with E-state index >= 15 is 0 Å². The van der Waals surface area contributed by atoms with E-state index in [0.29, 0.717) is 28.0 Å². The molecule has 1 unspecified atom stereocenters. The lowest BCUT2D eigenvalue weighted by Gasteiger charge is -2.14. The van der Waals surface area contributed by atoms with Gasteiger partial charge in [-0.15, -0.1) is 0 Å². The van der Waals surface area contributed by atoms with Crippen LogP contribution in [0.3, 0.4) is 0 Å². The van der Waals surface area contributed by atoms with Crippen LogP contribution in [0.2, 0.25) is 5.02 Å². The largest absolute Gasteiger partial charge is 0.325 e. The fraction of sp³-hybridized carbons (Fsp3) is 0.333. The summed E-state index contributed by atoms with van der Waals surface area (Å²) in [6, 6.07) is 5.84. The molecule has 1 saturated carbocycles. The molecule has 7 heteroatoms. The number of nitrogens with two attached hydrogens (primary N) is 1. The maximum absolute atomic E-state index is 12.6. The minimum atomic E-state index is -0.539. The van der Waals surface area contributed by atoms with Gasteiger partial charge in [-0.3, -0.25) is 10.1 Å². The van der Waals surface area contributed by atoms with E-state index in [2.05, 4.69) is 20.6 Å². The van der Waals surface area contributed by atoms with Gasteiger partial charge in [0.05, 0.1) is 17.3 Å². The molecule has 0 bridgehead atoms. The zero-order valence-corrected chi connectivity index (χ0v) is 14.4. The summed E-state index contributed by atoms with van der Waals surface area (Å²) in [5.74, 6) is 0.0654. The molecule has 128 valence electrons. The number of hydrogen-bond donors (Lipinski definition) is 3. The summed E-state index contributed by atoms with van der Waals surface area (Å²) in [5, 5.41) is 13.4. The second-order valence-corrected chi connectivity index (χ2v) is 7.00. The smallest absolute Gasteiger partial charge is 0.238 e. The van der Waals surface area contributed by atoms with Gasteiger partial charge < -0.3 is 10.7 Å². The normalized spacial score (nSPS) is 19.7. The Kier molecular flexibility index (Phi) is 4.23. The van der Waals surface area contributed by atoms with E-state index in [4.69, 9.17) is 17.0 Å². The van der Waals surface area contributed by atoms with E-state index in [1.54, 1.807) is 12.1 Å². The molecule has 1 fully saturated rings. The molecule has 1 aliphatic carbocycles. The minimum Gasteiger partial charge on any atom is -0.325 e. The fourth-order valence-electron chi connectivity index (χ4n) is 3.79. The van der Waals surface area contributed by atoms with E-state index in [1.165, 1.54) is 25.4 Å². The molecule has 4 rings (SSSR count). The maximum Gasteiger partial charge on any atom is 0.238 e. The van der Waals surface area contributed by atoms with E-state index in [9.17, 15) is 4.79 Å². The Balaban J connectivity index is 1.75. The van der Waals surface area contributed by atoms with E-state index in [-0.39, 0.29) is 5.91 Å². The number of carbonyl (C=O) groups excluding carboxylic acids is 1. The monoisotopic (exact) mass is 356 g/mol. The number of aromatic nitrogens is 2. The van der Waals surface area contributed by atoms with E-state index in [1.807, 2.05) is 6.07 Å². The molecule has 1 aliphatic heterocycles. The fourth-order valence-corrected chi connectivity index (χ4v) is 3.96. The minimum absolute atomic E-state index is 0.147. The number of rotatable bonds is 4. The molecular weight excluding hydrogens is 338 g/mol. The van der Waals surface area contributed by atoms with E-state index in [0.717, 1.165) is 24.2 Å². The van der Waals surface area contributed by atoms with Gasteiger partial charge in [-0.25, -0.2) is 4.98 Å². The van der Waals surface area contributed by atoms with Gasteiger partial charge in [0.25, 0.3) is 0 Å². The summed E-state index contributed by atoms with van der Waals surface area (Å²) < 4.78 is 0. The van der Waals surface area contributed by atoms with Crippen molar-refractivity contribution in [2.75, 3.05) is 5.32 Å². The summed E-state index contributed by atoms with van der Waals surface area (Å²) in [6.45, 7) is 0. The van der Waals surface area contributed by atoms with E-state index < -0.39 is 5.92 Å². The number of halogens is 1. The van der Waals surface area contributed by atoms with Crippen molar-refractivity contribution >= 4 is 35.2 Å². The standard InChI is InChI=1S/C18H18ClN5O/c19-10-5-6-12-14(7-10)24-18(25)15(12)16-13(8-20)17(22-9-21-16)23-11-3-1-2-4-11/h5-9,11,15,20H,1-4H2,(H,24,25)(H,21,22,23)/p+1. The molecule has 2 aromatic rings. The van der Waals surface area contributed by atoms with Crippen molar-refractivity contribution in [1.29, 1.82) is 5.41 Å². The van der Waals surface area contributed by atoms with Crippen LogP contribution in [0, 0.1) is 5.41 Å². The average Bonchev–Trinajstić information content (AvgIpc) is 3.21. The Morgan fingerprint density at radius 2 is 2.08 bits per heavy atom. The molecule has 1 aromatic heterocycles. The Bertz CT molecular complexity index is 847. The zero-order chi connectivity index (χ0) is 17.4. The quantitative estimate of drug-likeness (QED) is 0.734. The van der Waals surface area contributed by atoms with Crippen LogP contribution in [-0.2, 0) is 4.79 Å². The van der Waals surface area contributed by atoms with Crippen LogP contribution < -0.4 is 10.6 Å². The van der Waals surface area contributed by atoms with Crippen molar-refractivity contribution < 1.29 is 10.1 Å².